The van der Waals surface area contributed by atoms with Gasteiger partial charge in [0.15, 0.2) is 23.0 Å². The van der Waals surface area contributed by atoms with Crippen molar-refractivity contribution in [2.24, 2.45) is 11.8 Å². The summed E-state index contributed by atoms with van der Waals surface area (Å²) >= 11 is 0. The molecule has 0 radical (unpaired) electrons. The number of anilines is 2. The van der Waals surface area contributed by atoms with Gasteiger partial charge in [-0.15, -0.1) is 0 Å². The molecule has 0 saturated carbocycles. The maximum atomic E-state index is 13.4. The highest BCUT2D eigenvalue weighted by atomic mass is 16.7. The second-order valence-corrected chi connectivity index (χ2v) is 9.70. The van der Waals surface area contributed by atoms with Gasteiger partial charge in [-0.3, -0.25) is 9.59 Å². The Morgan fingerprint density at radius 2 is 1.62 bits per heavy atom. The quantitative estimate of drug-likeness (QED) is 0.283. The monoisotopic (exact) mass is 533 g/mol. The molecule has 3 aromatic rings. The van der Waals surface area contributed by atoms with Crippen molar-refractivity contribution < 1.29 is 38.4 Å². The lowest BCUT2D eigenvalue weighted by molar-refractivity contribution is -0.141. The lowest BCUT2D eigenvalue weighted by Crippen LogP contribution is -2.42. The molecule has 2 unspecified atom stereocenters. The van der Waals surface area contributed by atoms with E-state index in [0.29, 0.717) is 34.0 Å². The third-order valence-corrected chi connectivity index (χ3v) is 7.68. The van der Waals surface area contributed by atoms with Crippen LogP contribution in [0.25, 0.3) is 0 Å². The first kappa shape index (κ1) is 24.5. The van der Waals surface area contributed by atoms with Crippen LogP contribution in [-0.2, 0) is 9.53 Å². The van der Waals surface area contributed by atoms with E-state index in [0.717, 1.165) is 11.1 Å². The van der Waals surface area contributed by atoms with Crippen molar-refractivity contribution in [3.63, 3.8) is 0 Å². The SMILES string of the molecule is COc1cc([C@@H]2c3cc4c(cc3[C@@H](NC(=O)c3ccc(N)c(N)c3)C3COC(=O)C32)OCO4)cc(OC)c1O. The Labute approximate surface area is 223 Å². The summed E-state index contributed by atoms with van der Waals surface area (Å²) in [5.74, 6) is -1.03. The summed E-state index contributed by atoms with van der Waals surface area (Å²) in [6.45, 7) is 0.162. The molecule has 11 heteroatoms. The summed E-state index contributed by atoms with van der Waals surface area (Å²) in [6.07, 6.45) is 0. The van der Waals surface area contributed by atoms with Crippen LogP contribution in [0.5, 0.6) is 28.7 Å². The lowest BCUT2D eigenvalue weighted by atomic mass is 9.65. The number of nitrogen functional groups attached to an aromatic ring is 2. The molecule has 2 aliphatic heterocycles. The number of hydrogen-bond acceptors (Lipinski definition) is 10. The highest BCUT2D eigenvalue weighted by Gasteiger charge is 2.53. The first-order valence-electron chi connectivity index (χ1n) is 12.3. The number of nitrogens with one attached hydrogen (secondary N) is 1. The van der Waals surface area contributed by atoms with Crippen molar-refractivity contribution in [1.82, 2.24) is 5.32 Å². The standard InChI is InChI=1S/C28H27N3O8/c1-35-21-6-13(7-22(36-2)26(21)32)23-14-8-19-20(39-11-38-19)9-15(14)25(16-10-37-28(34)24(16)23)31-27(33)12-3-4-17(29)18(30)5-12/h3-9,16,23-25,32H,10-11,29-30H2,1-2H3,(H,31,33)/t16?,23-,24?,25-/m1/s1. The van der Waals surface area contributed by atoms with Crippen LogP contribution in [0.1, 0.15) is 39.0 Å². The first-order chi connectivity index (χ1) is 18.8. The van der Waals surface area contributed by atoms with E-state index in [9.17, 15) is 14.7 Å². The summed E-state index contributed by atoms with van der Waals surface area (Å²) in [5, 5.41) is 13.6. The maximum absolute atomic E-state index is 13.4. The van der Waals surface area contributed by atoms with Crippen LogP contribution < -0.4 is 35.7 Å². The molecule has 1 amide bonds. The number of methoxy groups -OCH3 is 2. The normalized spacial score (nSPS) is 22.5. The van der Waals surface area contributed by atoms with Crippen molar-refractivity contribution in [1.29, 1.82) is 0 Å². The zero-order chi connectivity index (χ0) is 27.4. The van der Waals surface area contributed by atoms with E-state index in [4.69, 9.17) is 35.2 Å². The van der Waals surface area contributed by atoms with Gasteiger partial charge < -0.3 is 45.6 Å². The molecule has 0 spiro atoms. The number of phenolic OH excluding ortho intramolecular Hbond substituents is 1. The molecule has 11 nitrogen and oxygen atoms in total. The number of amides is 1. The molecule has 1 fully saturated rings. The van der Waals surface area contributed by atoms with Crippen LogP contribution in [-0.4, -0.2) is 44.6 Å². The average Bonchev–Trinajstić information content (AvgIpc) is 3.55. The zero-order valence-corrected chi connectivity index (χ0v) is 21.2. The third kappa shape index (κ3) is 3.89. The Kier molecular flexibility index (Phi) is 5.78. The number of nitrogens with two attached hydrogens (primary N) is 2. The van der Waals surface area contributed by atoms with Crippen molar-refractivity contribution in [3.8, 4) is 28.7 Å². The largest absolute Gasteiger partial charge is 0.502 e. The van der Waals surface area contributed by atoms with E-state index in [2.05, 4.69) is 5.32 Å². The molecule has 4 atom stereocenters. The number of fused-ring (bicyclic) bond motifs is 3. The van der Waals surface area contributed by atoms with Crippen LogP contribution in [0.4, 0.5) is 11.4 Å². The maximum Gasteiger partial charge on any atom is 0.310 e. The highest BCUT2D eigenvalue weighted by molar-refractivity contribution is 5.96. The molecule has 0 aromatic heterocycles. The molecule has 3 aromatic carbocycles. The summed E-state index contributed by atoms with van der Waals surface area (Å²) in [6, 6.07) is 11.1. The minimum atomic E-state index is -0.654. The number of phenols is 1. The topological polar surface area (TPSA) is 165 Å². The van der Waals surface area contributed by atoms with E-state index < -0.39 is 29.8 Å². The van der Waals surface area contributed by atoms with E-state index in [1.165, 1.54) is 20.3 Å². The van der Waals surface area contributed by atoms with Crippen molar-refractivity contribution in [2.45, 2.75) is 12.0 Å². The lowest BCUT2D eigenvalue weighted by Gasteiger charge is -2.39. The molecule has 2 heterocycles. The highest BCUT2D eigenvalue weighted by Crippen LogP contribution is 2.55. The first-order valence-corrected chi connectivity index (χ1v) is 12.3. The van der Waals surface area contributed by atoms with Crippen molar-refractivity contribution in [3.05, 3.63) is 64.7 Å². The van der Waals surface area contributed by atoms with Gasteiger partial charge in [0.2, 0.25) is 12.5 Å². The molecule has 0 bridgehead atoms. The predicted molar refractivity (Wildman–Crippen MR) is 139 cm³/mol. The fraction of sp³-hybridized carbons (Fsp3) is 0.286. The number of carbonyl (C=O) groups is 2. The fourth-order valence-electron chi connectivity index (χ4n) is 5.78. The molecule has 202 valence electrons. The second kappa shape index (κ2) is 9.19. The molecule has 6 N–H and O–H groups in total. The van der Waals surface area contributed by atoms with Gasteiger partial charge in [0, 0.05) is 17.4 Å². The van der Waals surface area contributed by atoms with Gasteiger partial charge in [0.25, 0.3) is 5.91 Å². The van der Waals surface area contributed by atoms with Crippen molar-refractivity contribution in [2.75, 3.05) is 39.1 Å². The third-order valence-electron chi connectivity index (χ3n) is 7.68. The molecule has 1 aliphatic carbocycles. The van der Waals surface area contributed by atoms with Gasteiger partial charge in [0.05, 0.1) is 44.2 Å². The predicted octanol–water partition coefficient (Wildman–Crippen LogP) is 2.71. The average molecular weight is 534 g/mol. The number of esters is 1. The Hall–Kier alpha value is -4.80. The minimum absolute atomic E-state index is 0.0559. The Morgan fingerprint density at radius 3 is 2.26 bits per heavy atom. The molecule has 6 rings (SSSR count). The van der Waals surface area contributed by atoms with Gasteiger partial charge in [-0.25, -0.2) is 0 Å². The molecule has 1 saturated heterocycles. The van der Waals surface area contributed by atoms with Crippen LogP contribution >= 0.6 is 0 Å². The minimum Gasteiger partial charge on any atom is -0.502 e. The van der Waals surface area contributed by atoms with Crippen LogP contribution in [0, 0.1) is 11.8 Å². The summed E-state index contributed by atoms with van der Waals surface area (Å²) in [5.41, 5.74) is 14.9. The van der Waals surface area contributed by atoms with E-state index >= 15 is 0 Å². The smallest absolute Gasteiger partial charge is 0.310 e. The van der Waals surface area contributed by atoms with Gasteiger partial charge >= 0.3 is 5.97 Å². The fourth-order valence-corrected chi connectivity index (χ4v) is 5.78. The van der Waals surface area contributed by atoms with Gasteiger partial charge in [-0.1, -0.05) is 0 Å². The van der Waals surface area contributed by atoms with Crippen LogP contribution in [0.3, 0.4) is 0 Å². The van der Waals surface area contributed by atoms with Gasteiger partial charge in [-0.2, -0.15) is 0 Å². The number of aromatic hydroxyl groups is 1. The Morgan fingerprint density at radius 1 is 0.949 bits per heavy atom. The molecule has 3 aliphatic rings. The summed E-state index contributed by atoms with van der Waals surface area (Å²) < 4.78 is 27.7. The second-order valence-electron chi connectivity index (χ2n) is 9.70. The number of hydrogen-bond donors (Lipinski definition) is 4. The van der Waals surface area contributed by atoms with E-state index in [-0.39, 0.29) is 36.6 Å². The van der Waals surface area contributed by atoms with Crippen LogP contribution in [0.2, 0.25) is 0 Å². The number of benzene rings is 3. The number of ether oxygens (including phenoxy) is 5. The molecular formula is C28H27N3O8. The Bertz CT molecular complexity index is 1480. The summed E-state index contributed by atoms with van der Waals surface area (Å²) in [4.78, 5) is 26.7. The number of cyclic esters (lactones) is 1. The summed E-state index contributed by atoms with van der Waals surface area (Å²) in [7, 11) is 2.88. The molecule has 39 heavy (non-hydrogen) atoms. The van der Waals surface area contributed by atoms with E-state index in [1.807, 2.05) is 12.1 Å². The van der Waals surface area contributed by atoms with Gasteiger partial charge in [0.1, 0.15) is 0 Å². The Balaban J connectivity index is 1.51. The zero-order valence-electron chi connectivity index (χ0n) is 21.2. The van der Waals surface area contributed by atoms with Crippen LogP contribution in [0.15, 0.2) is 42.5 Å². The number of carbonyl (C=O) groups excluding carboxylic acids is 2. The van der Waals surface area contributed by atoms with Crippen molar-refractivity contribution >= 4 is 23.3 Å². The van der Waals surface area contributed by atoms with Gasteiger partial charge in [-0.05, 0) is 59.2 Å². The molecular weight excluding hydrogens is 506 g/mol. The number of rotatable bonds is 5. The van der Waals surface area contributed by atoms with E-state index in [1.54, 1.807) is 24.3 Å².